The quantitative estimate of drug-likeness (QED) is 0.587. The van der Waals surface area contributed by atoms with Crippen LogP contribution in [0.5, 0.6) is 5.75 Å². The molecule has 3 rings (SSSR count). The van der Waals surface area contributed by atoms with Crippen LogP contribution in [0.2, 0.25) is 0 Å². The molecule has 1 aromatic carbocycles. The average molecular weight is 400 g/mol. The lowest BCUT2D eigenvalue weighted by Gasteiger charge is -2.20. The molecule has 2 amide bonds. The second kappa shape index (κ2) is 9.18. The van der Waals surface area contributed by atoms with Crippen molar-refractivity contribution in [3.63, 3.8) is 0 Å². The maximum absolute atomic E-state index is 12.4. The lowest BCUT2D eigenvalue weighted by atomic mass is 10.2. The highest BCUT2D eigenvalue weighted by Gasteiger charge is 2.16. The number of amides is 2. The minimum absolute atomic E-state index is 0.0311. The summed E-state index contributed by atoms with van der Waals surface area (Å²) in [6.07, 6.45) is 0. The Kier molecular flexibility index (Phi) is 6.44. The van der Waals surface area contributed by atoms with E-state index in [9.17, 15) is 14.4 Å². The van der Waals surface area contributed by atoms with E-state index in [1.54, 1.807) is 42.5 Å². The molecule has 0 atom stereocenters. The summed E-state index contributed by atoms with van der Waals surface area (Å²) in [6.45, 7) is 2.39. The molecule has 7 nitrogen and oxygen atoms in total. The Morgan fingerprint density at radius 2 is 2.04 bits per heavy atom. The van der Waals surface area contributed by atoms with Gasteiger partial charge in [0.25, 0.3) is 5.91 Å². The van der Waals surface area contributed by atoms with Crippen LogP contribution in [0, 0.1) is 0 Å². The SMILES string of the molecule is CCN(CC(=O)NCc1cccs1)C(=O)COc1ccc2ccc(=O)oc2c1. The molecule has 0 saturated carbocycles. The van der Waals surface area contributed by atoms with Crippen molar-refractivity contribution in [1.82, 2.24) is 10.2 Å². The van der Waals surface area contributed by atoms with E-state index in [-0.39, 0.29) is 25.0 Å². The fraction of sp³-hybridized carbons (Fsp3) is 0.250. The number of carbonyl (C=O) groups is 2. The van der Waals surface area contributed by atoms with Gasteiger partial charge in [-0.25, -0.2) is 4.79 Å². The number of rotatable bonds is 8. The first kappa shape index (κ1) is 19.6. The predicted molar refractivity (Wildman–Crippen MR) is 106 cm³/mol. The Balaban J connectivity index is 1.53. The van der Waals surface area contributed by atoms with Crippen molar-refractivity contribution in [2.24, 2.45) is 0 Å². The van der Waals surface area contributed by atoms with Gasteiger partial charge in [-0.2, -0.15) is 0 Å². The number of fused-ring (bicyclic) bond motifs is 1. The monoisotopic (exact) mass is 400 g/mol. The molecule has 0 bridgehead atoms. The third kappa shape index (κ3) is 5.20. The molecular formula is C20H20N2O5S. The van der Waals surface area contributed by atoms with Crippen LogP contribution >= 0.6 is 11.3 Å². The summed E-state index contributed by atoms with van der Waals surface area (Å²) in [7, 11) is 0. The number of likely N-dealkylation sites (N-methyl/N-ethyl adjacent to an activating group) is 1. The van der Waals surface area contributed by atoms with Crippen molar-refractivity contribution in [1.29, 1.82) is 0 Å². The van der Waals surface area contributed by atoms with E-state index < -0.39 is 5.63 Å². The molecule has 0 spiro atoms. The smallest absolute Gasteiger partial charge is 0.336 e. The third-order valence-corrected chi connectivity index (χ3v) is 4.94. The van der Waals surface area contributed by atoms with E-state index in [0.29, 0.717) is 24.4 Å². The highest BCUT2D eigenvalue weighted by atomic mass is 32.1. The average Bonchev–Trinajstić information content (AvgIpc) is 3.22. The number of thiophene rings is 1. The van der Waals surface area contributed by atoms with Crippen LogP contribution in [0.4, 0.5) is 0 Å². The molecule has 0 radical (unpaired) electrons. The minimum atomic E-state index is -0.452. The van der Waals surface area contributed by atoms with Crippen LogP contribution in [0.15, 0.2) is 57.1 Å². The zero-order chi connectivity index (χ0) is 19.9. The maximum Gasteiger partial charge on any atom is 0.336 e. The van der Waals surface area contributed by atoms with E-state index in [1.165, 1.54) is 11.0 Å². The van der Waals surface area contributed by atoms with Gasteiger partial charge >= 0.3 is 5.63 Å². The molecule has 8 heteroatoms. The molecule has 0 saturated heterocycles. The molecule has 3 aromatic rings. The largest absolute Gasteiger partial charge is 0.484 e. The number of benzene rings is 1. The zero-order valence-corrected chi connectivity index (χ0v) is 16.2. The van der Waals surface area contributed by atoms with Gasteiger partial charge in [0.05, 0.1) is 13.1 Å². The maximum atomic E-state index is 12.4. The van der Waals surface area contributed by atoms with Gasteiger partial charge in [0.1, 0.15) is 11.3 Å². The van der Waals surface area contributed by atoms with Gasteiger partial charge in [-0.05, 0) is 36.6 Å². The summed E-state index contributed by atoms with van der Waals surface area (Å²) in [4.78, 5) is 38.3. The molecule has 146 valence electrons. The van der Waals surface area contributed by atoms with Crippen LogP contribution in [-0.2, 0) is 16.1 Å². The van der Waals surface area contributed by atoms with Gasteiger partial charge in [0.15, 0.2) is 6.61 Å². The zero-order valence-electron chi connectivity index (χ0n) is 15.3. The number of hydrogen-bond acceptors (Lipinski definition) is 6. The predicted octanol–water partition coefficient (Wildman–Crippen LogP) is 2.40. The molecule has 0 aliphatic heterocycles. The molecular weight excluding hydrogens is 380 g/mol. The Morgan fingerprint density at radius 1 is 1.21 bits per heavy atom. The molecule has 0 aliphatic rings. The highest BCUT2D eigenvalue weighted by Crippen LogP contribution is 2.19. The first-order valence-corrected chi connectivity index (χ1v) is 9.66. The van der Waals surface area contributed by atoms with Gasteiger partial charge in [0.2, 0.25) is 5.91 Å². The summed E-state index contributed by atoms with van der Waals surface area (Å²) in [5.74, 6) is -0.118. The topological polar surface area (TPSA) is 88.9 Å². The van der Waals surface area contributed by atoms with Gasteiger partial charge in [-0.3, -0.25) is 9.59 Å². The Morgan fingerprint density at radius 3 is 2.79 bits per heavy atom. The van der Waals surface area contributed by atoms with E-state index in [1.807, 2.05) is 17.5 Å². The molecule has 0 aliphatic carbocycles. The molecule has 28 heavy (non-hydrogen) atoms. The molecule has 2 heterocycles. The fourth-order valence-corrected chi connectivity index (χ4v) is 3.22. The van der Waals surface area contributed by atoms with E-state index in [4.69, 9.17) is 9.15 Å². The Labute approximate surface area is 165 Å². The van der Waals surface area contributed by atoms with E-state index in [0.717, 1.165) is 10.3 Å². The van der Waals surface area contributed by atoms with Gasteiger partial charge < -0.3 is 19.4 Å². The number of ether oxygens (including phenoxy) is 1. The molecule has 1 N–H and O–H groups in total. The van der Waals surface area contributed by atoms with Crippen molar-refractivity contribution in [2.45, 2.75) is 13.5 Å². The van der Waals surface area contributed by atoms with Gasteiger partial charge in [0, 0.05) is 28.9 Å². The summed E-state index contributed by atoms with van der Waals surface area (Å²) < 4.78 is 10.6. The normalized spacial score (nSPS) is 10.6. The number of carbonyl (C=O) groups excluding carboxylic acids is 2. The van der Waals surface area contributed by atoms with Gasteiger partial charge in [-0.15, -0.1) is 11.3 Å². The lowest BCUT2D eigenvalue weighted by Crippen LogP contribution is -2.42. The molecule has 2 aromatic heterocycles. The highest BCUT2D eigenvalue weighted by molar-refractivity contribution is 7.09. The van der Waals surface area contributed by atoms with E-state index >= 15 is 0 Å². The van der Waals surface area contributed by atoms with Crippen LogP contribution in [0.3, 0.4) is 0 Å². The van der Waals surface area contributed by atoms with Crippen LogP contribution in [0.25, 0.3) is 11.0 Å². The first-order valence-electron chi connectivity index (χ1n) is 8.78. The standard InChI is InChI=1S/C20H20N2O5S/c1-2-22(12-18(23)21-11-16-4-3-9-28-16)19(24)13-26-15-7-5-14-6-8-20(25)27-17(14)10-15/h3-10H,2,11-13H2,1H3,(H,21,23). The first-order chi connectivity index (χ1) is 13.5. The second-order valence-electron chi connectivity index (χ2n) is 6.01. The summed E-state index contributed by atoms with van der Waals surface area (Å²) >= 11 is 1.56. The van der Waals surface area contributed by atoms with Crippen LogP contribution in [0.1, 0.15) is 11.8 Å². The van der Waals surface area contributed by atoms with Crippen molar-refractivity contribution < 1.29 is 18.7 Å². The summed E-state index contributed by atoms with van der Waals surface area (Å²) in [6, 6.07) is 11.9. The van der Waals surface area contributed by atoms with Crippen molar-refractivity contribution >= 4 is 34.1 Å². The van der Waals surface area contributed by atoms with Gasteiger partial charge in [-0.1, -0.05) is 6.07 Å². The summed E-state index contributed by atoms with van der Waals surface area (Å²) in [5, 5.41) is 5.50. The second-order valence-corrected chi connectivity index (χ2v) is 7.04. The molecule has 0 unspecified atom stereocenters. The van der Waals surface area contributed by atoms with Crippen LogP contribution < -0.4 is 15.7 Å². The van der Waals surface area contributed by atoms with E-state index in [2.05, 4.69) is 5.32 Å². The fourth-order valence-electron chi connectivity index (χ4n) is 2.57. The van der Waals surface area contributed by atoms with Crippen LogP contribution in [-0.4, -0.2) is 36.4 Å². The Bertz CT molecular complexity index is 1010. The number of hydrogen-bond donors (Lipinski definition) is 1. The van der Waals surface area contributed by atoms with Crippen molar-refractivity contribution in [3.8, 4) is 5.75 Å². The summed E-state index contributed by atoms with van der Waals surface area (Å²) in [5.41, 5.74) is -0.0656. The number of nitrogens with zero attached hydrogens (tertiary/aromatic N) is 1. The minimum Gasteiger partial charge on any atom is -0.484 e. The van der Waals surface area contributed by atoms with Crippen molar-refractivity contribution in [2.75, 3.05) is 19.7 Å². The third-order valence-electron chi connectivity index (χ3n) is 4.07. The lowest BCUT2D eigenvalue weighted by molar-refractivity contribution is -0.137. The van der Waals surface area contributed by atoms with Crippen molar-refractivity contribution in [3.05, 3.63) is 63.1 Å². The molecule has 0 fully saturated rings. The Hall–Kier alpha value is -3.13. The number of nitrogens with one attached hydrogen (secondary N) is 1.